The van der Waals surface area contributed by atoms with E-state index in [-0.39, 0.29) is 22.8 Å². The molecule has 36 heavy (non-hydrogen) atoms. The number of rotatable bonds is 5. The summed E-state index contributed by atoms with van der Waals surface area (Å²) in [6.45, 7) is 5.69. The molecule has 0 atom stereocenters. The van der Waals surface area contributed by atoms with Crippen LogP contribution in [0.4, 0.5) is 10.1 Å². The van der Waals surface area contributed by atoms with Gasteiger partial charge in [0.2, 0.25) is 0 Å². The SMILES string of the molecule is Cc1ccc(N2C(=O)C(c3c(C(C)C)[nH]n(-c4ccc(F)cc4)c3=O)=C([n+]3ccccc3)C2=O)cc1. The minimum atomic E-state index is -0.584. The quantitative estimate of drug-likeness (QED) is 0.345. The van der Waals surface area contributed by atoms with Crippen LogP contribution in [0.25, 0.3) is 17.0 Å². The Balaban J connectivity index is 1.78. The van der Waals surface area contributed by atoms with Crippen LogP contribution >= 0.6 is 0 Å². The Kier molecular flexibility index (Phi) is 5.72. The van der Waals surface area contributed by atoms with Crippen LogP contribution in [0.3, 0.4) is 0 Å². The van der Waals surface area contributed by atoms with Crippen molar-refractivity contribution in [2.24, 2.45) is 0 Å². The standard InChI is InChI=1S/C28H23FN4O3/c1-17(2)24-22(27(35)33(30-24)21-13-9-19(29)10-14-21)23-25(31-15-5-4-6-16-31)28(36)32(26(23)34)20-11-7-18(3)8-12-20/h4-17H,1-3H3/p+1. The van der Waals surface area contributed by atoms with E-state index in [9.17, 15) is 18.8 Å². The first-order chi connectivity index (χ1) is 17.3. The largest absolute Gasteiger partial charge is 0.331 e. The second-order valence-corrected chi connectivity index (χ2v) is 8.96. The van der Waals surface area contributed by atoms with Gasteiger partial charge in [0.1, 0.15) is 11.4 Å². The lowest BCUT2D eigenvalue weighted by molar-refractivity contribution is -0.576. The van der Waals surface area contributed by atoms with Crippen molar-refractivity contribution >= 4 is 28.8 Å². The average molecular weight is 484 g/mol. The van der Waals surface area contributed by atoms with E-state index < -0.39 is 23.2 Å². The van der Waals surface area contributed by atoms with Crippen molar-refractivity contribution < 1.29 is 18.5 Å². The van der Waals surface area contributed by atoms with Gasteiger partial charge < -0.3 is 0 Å². The molecule has 5 rings (SSSR count). The Morgan fingerprint density at radius 2 is 1.44 bits per heavy atom. The lowest BCUT2D eigenvalue weighted by atomic mass is 9.98. The van der Waals surface area contributed by atoms with Gasteiger partial charge >= 0.3 is 5.91 Å². The highest BCUT2D eigenvalue weighted by Crippen LogP contribution is 2.35. The number of carbonyl (C=O) groups excluding carboxylic acids is 2. The fraction of sp³-hybridized carbons (Fsp3) is 0.143. The first-order valence-corrected chi connectivity index (χ1v) is 11.6. The lowest BCUT2D eigenvalue weighted by Gasteiger charge is -2.14. The van der Waals surface area contributed by atoms with Crippen LogP contribution in [0.2, 0.25) is 0 Å². The summed E-state index contributed by atoms with van der Waals surface area (Å²) in [5.41, 5.74) is 2.04. The van der Waals surface area contributed by atoms with E-state index in [1.165, 1.54) is 28.9 Å². The van der Waals surface area contributed by atoms with Crippen molar-refractivity contribution in [3.63, 3.8) is 0 Å². The number of nitrogens with zero attached hydrogens (tertiary/aromatic N) is 3. The lowest BCUT2D eigenvalue weighted by Crippen LogP contribution is -2.39. The van der Waals surface area contributed by atoms with E-state index in [0.717, 1.165) is 10.5 Å². The summed E-state index contributed by atoms with van der Waals surface area (Å²) in [4.78, 5) is 42.6. The third kappa shape index (κ3) is 3.76. The molecule has 7 nitrogen and oxygen atoms in total. The minimum absolute atomic E-state index is 0.0163. The summed E-state index contributed by atoms with van der Waals surface area (Å²) in [7, 11) is 0. The molecule has 0 radical (unpaired) electrons. The maximum absolute atomic E-state index is 13.9. The van der Waals surface area contributed by atoms with Crippen LogP contribution in [0.5, 0.6) is 0 Å². The molecule has 0 aliphatic carbocycles. The Hall–Kier alpha value is -4.59. The van der Waals surface area contributed by atoms with Crippen molar-refractivity contribution in [2.45, 2.75) is 26.7 Å². The zero-order chi connectivity index (χ0) is 25.6. The first kappa shape index (κ1) is 23.2. The number of pyridine rings is 1. The van der Waals surface area contributed by atoms with Crippen molar-refractivity contribution in [1.29, 1.82) is 0 Å². The van der Waals surface area contributed by atoms with E-state index in [1.54, 1.807) is 47.3 Å². The van der Waals surface area contributed by atoms with Crippen LogP contribution in [-0.4, -0.2) is 21.6 Å². The number of carbonyl (C=O) groups is 2. The van der Waals surface area contributed by atoms with E-state index in [0.29, 0.717) is 17.1 Å². The number of halogens is 1. The van der Waals surface area contributed by atoms with Gasteiger partial charge in [0.15, 0.2) is 12.4 Å². The molecular formula is C28H24FN4O3+. The highest BCUT2D eigenvalue weighted by atomic mass is 19.1. The number of aromatic amines is 1. The number of aromatic nitrogens is 3. The maximum Gasteiger partial charge on any atom is 0.331 e. The number of anilines is 1. The van der Waals surface area contributed by atoms with Crippen LogP contribution in [-0.2, 0) is 9.59 Å². The molecule has 3 heterocycles. The topological polar surface area (TPSA) is 79.1 Å². The number of amides is 2. The first-order valence-electron chi connectivity index (χ1n) is 11.6. The van der Waals surface area contributed by atoms with Crippen molar-refractivity contribution in [3.05, 3.63) is 112 Å². The van der Waals surface area contributed by atoms with Gasteiger partial charge in [0.05, 0.1) is 16.9 Å². The highest BCUT2D eigenvalue weighted by Gasteiger charge is 2.48. The van der Waals surface area contributed by atoms with Gasteiger partial charge in [-0.1, -0.05) is 37.6 Å². The summed E-state index contributed by atoms with van der Waals surface area (Å²) in [5.74, 6) is -1.73. The molecule has 2 amide bonds. The van der Waals surface area contributed by atoms with Crippen molar-refractivity contribution in [3.8, 4) is 5.69 Å². The summed E-state index contributed by atoms with van der Waals surface area (Å²) < 4.78 is 16.4. The predicted molar refractivity (Wildman–Crippen MR) is 134 cm³/mol. The summed E-state index contributed by atoms with van der Waals surface area (Å²) >= 11 is 0. The predicted octanol–water partition coefficient (Wildman–Crippen LogP) is 3.97. The van der Waals surface area contributed by atoms with E-state index in [2.05, 4.69) is 5.10 Å². The Bertz CT molecular complexity index is 1560. The molecule has 1 N–H and O–H groups in total. The number of imide groups is 1. The molecule has 1 aliphatic rings. The van der Waals surface area contributed by atoms with Gasteiger partial charge in [0, 0.05) is 17.8 Å². The summed E-state index contributed by atoms with van der Waals surface area (Å²) in [6.07, 6.45) is 3.33. The monoisotopic (exact) mass is 483 g/mol. The van der Waals surface area contributed by atoms with Gasteiger partial charge in [0.25, 0.3) is 17.2 Å². The number of nitrogens with one attached hydrogen (secondary N) is 1. The molecule has 2 aromatic carbocycles. The number of aryl methyl sites for hydroxylation is 1. The van der Waals surface area contributed by atoms with Gasteiger partial charge in [-0.15, -0.1) is 0 Å². The maximum atomic E-state index is 13.9. The Morgan fingerprint density at radius 1 is 0.833 bits per heavy atom. The van der Waals surface area contributed by atoms with Gasteiger partial charge in [-0.3, -0.25) is 19.5 Å². The molecule has 0 bridgehead atoms. The second-order valence-electron chi connectivity index (χ2n) is 8.96. The van der Waals surface area contributed by atoms with Crippen LogP contribution in [0.15, 0.2) is 83.9 Å². The zero-order valence-electron chi connectivity index (χ0n) is 20.0. The molecule has 0 fully saturated rings. The van der Waals surface area contributed by atoms with E-state index in [1.807, 2.05) is 32.9 Å². The molecule has 1 aliphatic heterocycles. The number of H-pyrrole nitrogens is 1. The average Bonchev–Trinajstić information content (AvgIpc) is 3.33. The zero-order valence-corrected chi connectivity index (χ0v) is 20.0. The molecule has 0 saturated carbocycles. The number of benzene rings is 2. The Labute approximate surface area is 206 Å². The molecule has 0 unspecified atom stereocenters. The third-order valence-corrected chi connectivity index (χ3v) is 6.16. The smallest absolute Gasteiger partial charge is 0.294 e. The number of hydrogen-bond acceptors (Lipinski definition) is 3. The molecule has 0 saturated heterocycles. The van der Waals surface area contributed by atoms with Crippen LogP contribution in [0.1, 0.15) is 36.6 Å². The molecule has 0 spiro atoms. The van der Waals surface area contributed by atoms with Gasteiger partial charge in [-0.2, -0.15) is 4.57 Å². The molecule has 180 valence electrons. The van der Waals surface area contributed by atoms with Crippen molar-refractivity contribution in [1.82, 2.24) is 9.78 Å². The van der Waals surface area contributed by atoms with Crippen LogP contribution in [0, 0.1) is 12.7 Å². The van der Waals surface area contributed by atoms with E-state index >= 15 is 0 Å². The molecule has 4 aromatic rings. The minimum Gasteiger partial charge on any atom is -0.294 e. The van der Waals surface area contributed by atoms with Gasteiger partial charge in [-0.25, -0.2) is 14.0 Å². The number of hydrogen-bond donors (Lipinski definition) is 1. The Morgan fingerprint density at radius 3 is 2.06 bits per heavy atom. The fourth-order valence-corrected chi connectivity index (χ4v) is 4.34. The normalized spacial score (nSPS) is 13.9. The molecule has 8 heteroatoms. The molecular weight excluding hydrogens is 459 g/mol. The summed E-state index contributed by atoms with van der Waals surface area (Å²) in [6, 6.07) is 17.8. The highest BCUT2D eigenvalue weighted by molar-refractivity contribution is 6.53. The van der Waals surface area contributed by atoms with Gasteiger partial charge in [-0.05, 0) is 49.2 Å². The fourth-order valence-electron chi connectivity index (χ4n) is 4.34. The van der Waals surface area contributed by atoms with E-state index in [4.69, 9.17) is 0 Å². The van der Waals surface area contributed by atoms with Crippen molar-refractivity contribution in [2.75, 3.05) is 4.90 Å². The second kappa shape index (κ2) is 8.88. The molecule has 2 aromatic heterocycles. The summed E-state index contributed by atoms with van der Waals surface area (Å²) in [5, 5.41) is 3.09. The third-order valence-electron chi connectivity index (χ3n) is 6.16. The van der Waals surface area contributed by atoms with Crippen LogP contribution < -0.4 is 15.0 Å².